The lowest BCUT2D eigenvalue weighted by Crippen LogP contribution is -2.46. The molecule has 2 rings (SSSR count). The molecule has 1 aromatic heterocycles. The standard InChI is InChI=1S/C16H24N4O3S/c1-19(2)16(23)20-6-3-12(4-7-20)9-17-14(21)15(22)18-10-13-5-8-24-11-13/h5,8,11-12H,3-4,6-7,9-10H2,1-2H3,(H,17,21)(H,18,22). The Morgan fingerprint density at radius 3 is 2.46 bits per heavy atom. The van der Waals surface area contributed by atoms with E-state index in [-0.39, 0.29) is 6.03 Å². The summed E-state index contributed by atoms with van der Waals surface area (Å²) in [5, 5.41) is 9.15. The molecule has 1 saturated heterocycles. The molecule has 132 valence electrons. The van der Waals surface area contributed by atoms with Crippen molar-refractivity contribution in [1.82, 2.24) is 20.4 Å². The fraction of sp³-hybridized carbons (Fsp3) is 0.562. The summed E-state index contributed by atoms with van der Waals surface area (Å²) in [6.45, 7) is 2.19. The number of urea groups is 1. The molecule has 0 unspecified atom stereocenters. The number of nitrogens with zero attached hydrogens (tertiary/aromatic N) is 2. The van der Waals surface area contributed by atoms with Crippen LogP contribution in [-0.2, 0) is 16.1 Å². The van der Waals surface area contributed by atoms with Crippen molar-refractivity contribution in [3.8, 4) is 0 Å². The summed E-state index contributed by atoms with van der Waals surface area (Å²) in [5.41, 5.74) is 0.985. The molecular weight excluding hydrogens is 328 g/mol. The van der Waals surface area contributed by atoms with E-state index in [1.54, 1.807) is 30.3 Å². The van der Waals surface area contributed by atoms with Crippen molar-refractivity contribution in [3.05, 3.63) is 22.4 Å². The Kier molecular flexibility index (Phi) is 6.60. The highest BCUT2D eigenvalue weighted by atomic mass is 32.1. The molecule has 4 amide bonds. The van der Waals surface area contributed by atoms with Crippen molar-refractivity contribution >= 4 is 29.2 Å². The molecule has 8 heteroatoms. The van der Waals surface area contributed by atoms with Crippen LogP contribution < -0.4 is 10.6 Å². The smallest absolute Gasteiger partial charge is 0.319 e. The summed E-state index contributed by atoms with van der Waals surface area (Å²) >= 11 is 1.55. The summed E-state index contributed by atoms with van der Waals surface area (Å²) in [6, 6.07) is 1.93. The highest BCUT2D eigenvalue weighted by Gasteiger charge is 2.24. The summed E-state index contributed by atoms with van der Waals surface area (Å²) in [5.74, 6) is -0.914. The van der Waals surface area contributed by atoms with Gasteiger partial charge in [0.05, 0.1) is 0 Å². The van der Waals surface area contributed by atoms with Gasteiger partial charge >= 0.3 is 17.8 Å². The first-order valence-corrected chi connectivity index (χ1v) is 8.95. The number of hydrogen-bond donors (Lipinski definition) is 2. The fourth-order valence-corrected chi connectivity index (χ4v) is 3.25. The van der Waals surface area contributed by atoms with Gasteiger partial charge in [0.1, 0.15) is 0 Å². The van der Waals surface area contributed by atoms with Crippen LogP contribution in [0.1, 0.15) is 18.4 Å². The van der Waals surface area contributed by atoms with Gasteiger partial charge in [0.25, 0.3) is 0 Å². The molecule has 0 radical (unpaired) electrons. The maximum Gasteiger partial charge on any atom is 0.319 e. The highest BCUT2D eigenvalue weighted by Crippen LogP contribution is 2.17. The van der Waals surface area contributed by atoms with Gasteiger partial charge in [0.15, 0.2) is 0 Å². The lowest BCUT2D eigenvalue weighted by Gasteiger charge is -2.33. The topological polar surface area (TPSA) is 81.8 Å². The number of carbonyl (C=O) groups excluding carboxylic acids is 3. The molecule has 0 saturated carbocycles. The third-order valence-corrected chi connectivity index (χ3v) is 4.79. The number of amides is 4. The quantitative estimate of drug-likeness (QED) is 0.789. The summed E-state index contributed by atoms with van der Waals surface area (Å²) in [7, 11) is 3.48. The molecule has 0 atom stereocenters. The van der Waals surface area contributed by atoms with Crippen molar-refractivity contribution in [2.24, 2.45) is 5.92 Å². The van der Waals surface area contributed by atoms with Gasteiger partial charge in [-0.05, 0) is 41.1 Å². The van der Waals surface area contributed by atoms with Crippen molar-refractivity contribution < 1.29 is 14.4 Å². The van der Waals surface area contributed by atoms with E-state index < -0.39 is 11.8 Å². The van der Waals surface area contributed by atoms with Crippen LogP contribution in [0.25, 0.3) is 0 Å². The van der Waals surface area contributed by atoms with E-state index in [0.717, 1.165) is 18.4 Å². The Bertz CT molecular complexity index is 566. The molecular formula is C16H24N4O3S. The number of thiophene rings is 1. The minimum absolute atomic E-state index is 0.0188. The number of nitrogens with one attached hydrogen (secondary N) is 2. The van der Waals surface area contributed by atoms with E-state index in [9.17, 15) is 14.4 Å². The van der Waals surface area contributed by atoms with Crippen molar-refractivity contribution in [2.45, 2.75) is 19.4 Å². The molecule has 1 fully saturated rings. The Morgan fingerprint density at radius 2 is 1.88 bits per heavy atom. The van der Waals surface area contributed by atoms with Crippen LogP contribution in [0.5, 0.6) is 0 Å². The second-order valence-electron chi connectivity index (χ2n) is 6.13. The van der Waals surface area contributed by atoms with Crippen LogP contribution in [0.3, 0.4) is 0 Å². The lowest BCUT2D eigenvalue weighted by molar-refractivity contribution is -0.139. The van der Waals surface area contributed by atoms with Crippen LogP contribution in [0, 0.1) is 5.92 Å². The number of hydrogen-bond acceptors (Lipinski definition) is 4. The van der Waals surface area contributed by atoms with E-state index in [4.69, 9.17) is 0 Å². The third kappa shape index (κ3) is 5.23. The predicted molar refractivity (Wildman–Crippen MR) is 92.6 cm³/mol. The minimum Gasteiger partial charge on any atom is -0.348 e. The summed E-state index contributed by atoms with van der Waals surface area (Å²) < 4.78 is 0. The van der Waals surface area contributed by atoms with Gasteiger partial charge in [-0.1, -0.05) is 0 Å². The molecule has 0 aromatic carbocycles. The molecule has 0 bridgehead atoms. The molecule has 0 spiro atoms. The zero-order valence-electron chi connectivity index (χ0n) is 14.1. The zero-order chi connectivity index (χ0) is 17.5. The average molecular weight is 352 g/mol. The number of rotatable bonds is 4. The maximum absolute atomic E-state index is 11.9. The molecule has 1 aromatic rings. The Morgan fingerprint density at radius 1 is 1.21 bits per heavy atom. The predicted octanol–water partition coefficient (Wildman–Crippen LogP) is 0.874. The largest absolute Gasteiger partial charge is 0.348 e. The van der Waals surface area contributed by atoms with E-state index in [1.807, 2.05) is 21.7 Å². The SMILES string of the molecule is CN(C)C(=O)N1CCC(CNC(=O)C(=O)NCc2ccsc2)CC1. The van der Waals surface area contributed by atoms with Crippen LogP contribution in [-0.4, -0.2) is 61.4 Å². The molecule has 7 nitrogen and oxygen atoms in total. The average Bonchev–Trinajstić information content (AvgIpc) is 3.10. The second kappa shape index (κ2) is 8.68. The molecule has 2 N–H and O–H groups in total. The molecule has 2 heterocycles. The van der Waals surface area contributed by atoms with Gasteiger partial charge in [-0.25, -0.2) is 4.79 Å². The van der Waals surface area contributed by atoms with Gasteiger partial charge in [-0.3, -0.25) is 9.59 Å². The monoisotopic (exact) mass is 352 g/mol. The van der Waals surface area contributed by atoms with Crippen LogP contribution in [0.15, 0.2) is 16.8 Å². The van der Waals surface area contributed by atoms with Crippen LogP contribution in [0.4, 0.5) is 4.79 Å². The molecule has 0 aliphatic carbocycles. The first-order chi connectivity index (χ1) is 11.5. The van der Waals surface area contributed by atoms with Crippen molar-refractivity contribution in [1.29, 1.82) is 0 Å². The minimum atomic E-state index is -0.610. The number of likely N-dealkylation sites (tertiary alicyclic amines) is 1. The fourth-order valence-electron chi connectivity index (χ4n) is 2.58. The van der Waals surface area contributed by atoms with Gasteiger partial charge in [0, 0.05) is 40.3 Å². The first-order valence-electron chi connectivity index (χ1n) is 8.00. The normalized spacial score (nSPS) is 15.0. The van der Waals surface area contributed by atoms with Gasteiger partial charge < -0.3 is 20.4 Å². The zero-order valence-corrected chi connectivity index (χ0v) is 14.9. The summed E-state index contributed by atoms with van der Waals surface area (Å²) in [4.78, 5) is 38.8. The Hall–Kier alpha value is -2.09. The van der Waals surface area contributed by atoms with Gasteiger partial charge in [0.2, 0.25) is 0 Å². The first kappa shape index (κ1) is 18.3. The highest BCUT2D eigenvalue weighted by molar-refractivity contribution is 7.07. The molecule has 1 aliphatic heterocycles. The van der Waals surface area contributed by atoms with E-state index in [2.05, 4.69) is 10.6 Å². The third-order valence-electron chi connectivity index (χ3n) is 4.06. The lowest BCUT2D eigenvalue weighted by atomic mass is 9.97. The van der Waals surface area contributed by atoms with Crippen molar-refractivity contribution in [2.75, 3.05) is 33.7 Å². The van der Waals surface area contributed by atoms with Crippen LogP contribution in [0.2, 0.25) is 0 Å². The second-order valence-corrected chi connectivity index (χ2v) is 6.91. The van der Waals surface area contributed by atoms with Crippen molar-refractivity contribution in [3.63, 3.8) is 0 Å². The van der Waals surface area contributed by atoms with E-state index >= 15 is 0 Å². The molecule has 24 heavy (non-hydrogen) atoms. The maximum atomic E-state index is 11.9. The Labute approximate surface area is 146 Å². The Balaban J connectivity index is 1.65. The summed E-state index contributed by atoms with van der Waals surface area (Å²) in [6.07, 6.45) is 1.66. The van der Waals surface area contributed by atoms with E-state index in [1.165, 1.54) is 0 Å². The molecule has 1 aliphatic rings. The van der Waals surface area contributed by atoms with Gasteiger partial charge in [-0.15, -0.1) is 0 Å². The van der Waals surface area contributed by atoms with Gasteiger partial charge in [-0.2, -0.15) is 11.3 Å². The number of carbonyl (C=O) groups is 3. The van der Waals surface area contributed by atoms with Crippen LogP contribution >= 0.6 is 11.3 Å². The van der Waals surface area contributed by atoms with E-state index in [0.29, 0.717) is 32.1 Å². The number of piperidine rings is 1.